The van der Waals surface area contributed by atoms with Crippen LogP contribution in [0.5, 0.6) is 0 Å². The number of hydrogen-bond acceptors (Lipinski definition) is 3. The second-order valence-corrected chi connectivity index (χ2v) is 5.00. The van der Waals surface area contributed by atoms with E-state index in [2.05, 4.69) is 0 Å². The maximum Gasteiger partial charge on any atom is 0.401 e. The SMILES string of the molecule is CCc1ccc(C(=O)CN(C)CC(F)(F)F)s1. The maximum atomic E-state index is 12.1. The molecule has 0 fully saturated rings. The molecule has 0 aliphatic carbocycles. The smallest absolute Gasteiger partial charge is 0.292 e. The minimum atomic E-state index is -4.26. The summed E-state index contributed by atoms with van der Waals surface area (Å²) in [5.41, 5.74) is 0. The van der Waals surface area contributed by atoms with Gasteiger partial charge in [-0.3, -0.25) is 9.69 Å². The van der Waals surface area contributed by atoms with E-state index in [1.165, 1.54) is 18.4 Å². The van der Waals surface area contributed by atoms with Gasteiger partial charge < -0.3 is 0 Å². The molecule has 0 aliphatic heterocycles. The van der Waals surface area contributed by atoms with Gasteiger partial charge in [0.15, 0.2) is 5.78 Å². The van der Waals surface area contributed by atoms with Crippen molar-refractivity contribution in [3.63, 3.8) is 0 Å². The number of aryl methyl sites for hydroxylation is 1. The Morgan fingerprint density at radius 1 is 1.41 bits per heavy atom. The molecular formula is C11H14F3NOS. The Bertz CT molecular complexity index is 386. The Kier molecular flexibility index (Phi) is 4.70. The largest absolute Gasteiger partial charge is 0.401 e. The van der Waals surface area contributed by atoms with E-state index in [4.69, 9.17) is 0 Å². The lowest BCUT2D eigenvalue weighted by Crippen LogP contribution is -2.34. The van der Waals surface area contributed by atoms with Crippen LogP contribution in [0.2, 0.25) is 0 Å². The summed E-state index contributed by atoms with van der Waals surface area (Å²) in [6.45, 7) is 0.698. The molecule has 0 radical (unpaired) electrons. The molecule has 0 amide bonds. The van der Waals surface area contributed by atoms with Crippen molar-refractivity contribution in [3.05, 3.63) is 21.9 Å². The molecule has 0 saturated carbocycles. The molecule has 0 spiro atoms. The highest BCUT2D eigenvalue weighted by atomic mass is 32.1. The van der Waals surface area contributed by atoms with Crippen molar-refractivity contribution in [1.82, 2.24) is 4.90 Å². The van der Waals surface area contributed by atoms with E-state index >= 15 is 0 Å². The van der Waals surface area contributed by atoms with Gasteiger partial charge in [0.1, 0.15) is 0 Å². The standard InChI is InChI=1S/C11H14F3NOS/c1-3-8-4-5-10(17-8)9(16)6-15(2)7-11(12,13)14/h4-5H,3,6-7H2,1-2H3. The molecule has 1 aromatic rings. The number of alkyl halides is 3. The number of likely N-dealkylation sites (N-methyl/N-ethyl adjacent to an activating group) is 1. The quantitative estimate of drug-likeness (QED) is 0.763. The Morgan fingerprint density at radius 2 is 2.06 bits per heavy atom. The first-order valence-electron chi connectivity index (χ1n) is 5.19. The fourth-order valence-electron chi connectivity index (χ4n) is 1.40. The van der Waals surface area contributed by atoms with Crippen LogP contribution < -0.4 is 0 Å². The van der Waals surface area contributed by atoms with Crippen LogP contribution in [-0.2, 0) is 6.42 Å². The third-order valence-electron chi connectivity index (χ3n) is 2.15. The average Bonchev–Trinajstić information content (AvgIpc) is 2.62. The first-order chi connectivity index (χ1) is 7.81. The molecule has 2 nitrogen and oxygen atoms in total. The van der Waals surface area contributed by atoms with Gasteiger partial charge in [-0.15, -0.1) is 11.3 Å². The van der Waals surface area contributed by atoms with Gasteiger partial charge >= 0.3 is 6.18 Å². The van der Waals surface area contributed by atoms with Crippen molar-refractivity contribution in [2.45, 2.75) is 19.5 Å². The van der Waals surface area contributed by atoms with Gasteiger partial charge in [0, 0.05) is 4.88 Å². The van der Waals surface area contributed by atoms with Crippen LogP contribution in [0, 0.1) is 0 Å². The van der Waals surface area contributed by atoms with E-state index in [0.717, 1.165) is 16.2 Å². The topological polar surface area (TPSA) is 20.3 Å². The molecule has 0 bridgehead atoms. The van der Waals surface area contributed by atoms with Crippen LogP contribution in [0.1, 0.15) is 21.5 Å². The number of Topliss-reactive ketones (excluding diaryl/α,β-unsaturated/α-hetero) is 1. The maximum absolute atomic E-state index is 12.1. The zero-order valence-electron chi connectivity index (χ0n) is 9.67. The Hall–Kier alpha value is -0.880. The zero-order valence-corrected chi connectivity index (χ0v) is 10.5. The van der Waals surface area contributed by atoms with E-state index in [9.17, 15) is 18.0 Å². The summed E-state index contributed by atoms with van der Waals surface area (Å²) in [7, 11) is 1.29. The lowest BCUT2D eigenvalue weighted by Gasteiger charge is -2.16. The number of thiophene rings is 1. The predicted octanol–water partition coefficient (Wildman–Crippen LogP) is 2.99. The van der Waals surface area contributed by atoms with Crippen molar-refractivity contribution in [2.24, 2.45) is 0 Å². The third-order valence-corrected chi connectivity index (χ3v) is 3.42. The van der Waals surface area contributed by atoms with Crippen LogP contribution in [0.15, 0.2) is 12.1 Å². The van der Waals surface area contributed by atoms with Gasteiger partial charge in [0.05, 0.1) is 18.0 Å². The number of halogens is 3. The molecule has 0 N–H and O–H groups in total. The summed E-state index contributed by atoms with van der Waals surface area (Å²) in [5, 5.41) is 0. The fraction of sp³-hybridized carbons (Fsp3) is 0.545. The minimum absolute atomic E-state index is 0.205. The van der Waals surface area contributed by atoms with Crippen molar-refractivity contribution in [1.29, 1.82) is 0 Å². The number of nitrogens with zero attached hydrogens (tertiary/aromatic N) is 1. The Balaban J connectivity index is 2.54. The van der Waals surface area contributed by atoms with Crippen molar-refractivity contribution < 1.29 is 18.0 Å². The molecule has 6 heteroatoms. The second-order valence-electron chi connectivity index (χ2n) is 3.83. The van der Waals surface area contributed by atoms with Crippen LogP contribution in [0.3, 0.4) is 0 Å². The summed E-state index contributed by atoms with van der Waals surface area (Å²) in [5.74, 6) is -0.263. The van der Waals surface area contributed by atoms with Gasteiger partial charge in [-0.1, -0.05) is 6.92 Å². The number of hydrogen-bond donors (Lipinski definition) is 0. The average molecular weight is 265 g/mol. The summed E-state index contributed by atoms with van der Waals surface area (Å²) in [6, 6.07) is 3.51. The number of carbonyl (C=O) groups is 1. The number of carbonyl (C=O) groups excluding carboxylic acids is 1. The number of rotatable bonds is 5. The molecule has 17 heavy (non-hydrogen) atoms. The number of ketones is 1. The molecule has 0 aromatic carbocycles. The van der Waals surface area contributed by atoms with Gasteiger partial charge in [0.2, 0.25) is 0 Å². The van der Waals surface area contributed by atoms with E-state index in [1.54, 1.807) is 6.07 Å². The van der Waals surface area contributed by atoms with Crippen LogP contribution in [0.25, 0.3) is 0 Å². The molecule has 0 unspecified atom stereocenters. The lowest BCUT2D eigenvalue weighted by molar-refractivity contribution is -0.141. The van der Waals surface area contributed by atoms with Crippen molar-refractivity contribution >= 4 is 17.1 Å². The Labute approximate surface area is 102 Å². The van der Waals surface area contributed by atoms with Gasteiger partial charge in [-0.25, -0.2) is 0 Å². The molecular weight excluding hydrogens is 251 g/mol. The molecule has 96 valence electrons. The van der Waals surface area contributed by atoms with E-state index in [-0.39, 0.29) is 12.3 Å². The van der Waals surface area contributed by atoms with E-state index < -0.39 is 12.7 Å². The first kappa shape index (κ1) is 14.2. The molecule has 1 aromatic heterocycles. The highest BCUT2D eigenvalue weighted by molar-refractivity contribution is 7.14. The van der Waals surface area contributed by atoms with Crippen molar-refractivity contribution in [3.8, 4) is 0 Å². The van der Waals surface area contributed by atoms with Gasteiger partial charge in [-0.2, -0.15) is 13.2 Å². The minimum Gasteiger partial charge on any atom is -0.292 e. The highest BCUT2D eigenvalue weighted by Gasteiger charge is 2.29. The third kappa shape index (κ3) is 4.87. The lowest BCUT2D eigenvalue weighted by atomic mass is 10.3. The summed E-state index contributed by atoms with van der Waals surface area (Å²) in [4.78, 5) is 14.2. The van der Waals surface area contributed by atoms with Crippen LogP contribution in [-0.4, -0.2) is 37.0 Å². The highest BCUT2D eigenvalue weighted by Crippen LogP contribution is 2.19. The van der Waals surface area contributed by atoms with E-state index in [1.807, 2.05) is 13.0 Å². The normalized spacial score (nSPS) is 12.1. The van der Waals surface area contributed by atoms with Crippen LogP contribution in [0.4, 0.5) is 13.2 Å². The second kappa shape index (κ2) is 5.64. The Morgan fingerprint density at radius 3 is 2.53 bits per heavy atom. The first-order valence-corrected chi connectivity index (χ1v) is 6.00. The molecule has 0 atom stereocenters. The molecule has 1 heterocycles. The monoisotopic (exact) mass is 265 g/mol. The van der Waals surface area contributed by atoms with Gasteiger partial charge in [-0.05, 0) is 25.6 Å². The van der Waals surface area contributed by atoms with Crippen molar-refractivity contribution in [2.75, 3.05) is 20.1 Å². The zero-order chi connectivity index (χ0) is 13.1. The predicted molar refractivity (Wildman–Crippen MR) is 61.6 cm³/mol. The molecule has 0 saturated heterocycles. The summed E-state index contributed by atoms with van der Waals surface area (Å²) < 4.78 is 36.2. The summed E-state index contributed by atoms with van der Waals surface area (Å²) in [6.07, 6.45) is -3.44. The fourth-order valence-corrected chi connectivity index (χ4v) is 2.28. The van der Waals surface area contributed by atoms with Crippen LogP contribution >= 0.6 is 11.3 Å². The van der Waals surface area contributed by atoms with Gasteiger partial charge in [0.25, 0.3) is 0 Å². The van der Waals surface area contributed by atoms with E-state index in [0.29, 0.717) is 4.88 Å². The summed E-state index contributed by atoms with van der Waals surface area (Å²) >= 11 is 1.34. The molecule has 0 aliphatic rings. The molecule has 1 rings (SSSR count).